The van der Waals surface area contributed by atoms with E-state index in [0.717, 1.165) is 17.5 Å². The Hall–Kier alpha value is -3.43. The van der Waals surface area contributed by atoms with Crippen LogP contribution in [0.2, 0.25) is 0 Å². The average Bonchev–Trinajstić information content (AvgIpc) is 2.89. The lowest BCUT2D eigenvalue weighted by Crippen LogP contribution is -2.58. The number of phenolic OH excluding ortho intramolecular Hbond substituents is 1. The summed E-state index contributed by atoms with van der Waals surface area (Å²) < 4.78 is 0. The van der Waals surface area contributed by atoms with Gasteiger partial charge >= 0.3 is 0 Å². The number of primary amides is 1. The van der Waals surface area contributed by atoms with Crippen LogP contribution in [-0.2, 0) is 27.3 Å². The minimum atomic E-state index is -0.993. The Balaban J connectivity index is 2.42. The summed E-state index contributed by atoms with van der Waals surface area (Å²) in [5, 5.41) is 12.5. The minimum absolute atomic E-state index is 0.0915. The van der Waals surface area contributed by atoms with Crippen LogP contribution in [0.5, 0.6) is 5.75 Å². The average molecular weight is 512 g/mol. The highest BCUT2D eigenvalue weighted by atomic mass is 16.3. The van der Waals surface area contributed by atoms with Crippen molar-refractivity contribution in [2.45, 2.75) is 70.6 Å². The summed E-state index contributed by atoms with van der Waals surface area (Å²) >= 11 is 0. The number of benzene rings is 2. The van der Waals surface area contributed by atoms with Crippen LogP contribution in [0.25, 0.3) is 0 Å². The van der Waals surface area contributed by atoms with E-state index in [4.69, 9.17) is 17.2 Å². The largest absolute Gasteiger partial charge is 0.508 e. The second-order valence-electron chi connectivity index (χ2n) is 9.51. The lowest BCUT2D eigenvalue weighted by Gasteiger charge is -2.36. The molecule has 2 aromatic rings. The predicted octanol–water partition coefficient (Wildman–Crippen LogP) is 1.80. The van der Waals surface area contributed by atoms with E-state index in [2.05, 4.69) is 5.32 Å². The number of amides is 3. The number of hydrogen-bond donors (Lipinski definition) is 5. The molecule has 0 saturated heterocycles. The second kappa shape index (κ2) is 15.0. The van der Waals surface area contributed by atoms with E-state index in [1.165, 1.54) is 17.0 Å². The zero-order chi connectivity index (χ0) is 27.4. The highest BCUT2D eigenvalue weighted by Gasteiger charge is 2.36. The Labute approximate surface area is 219 Å². The van der Waals surface area contributed by atoms with E-state index in [-0.39, 0.29) is 24.6 Å². The topological polar surface area (TPSA) is 165 Å². The van der Waals surface area contributed by atoms with Gasteiger partial charge in [0.25, 0.3) is 0 Å². The van der Waals surface area contributed by atoms with Crippen LogP contribution in [0.3, 0.4) is 0 Å². The number of rotatable bonds is 15. The van der Waals surface area contributed by atoms with E-state index in [1.54, 1.807) is 12.1 Å². The maximum absolute atomic E-state index is 14.1. The zero-order valence-corrected chi connectivity index (χ0v) is 21.8. The van der Waals surface area contributed by atoms with E-state index in [0.29, 0.717) is 25.8 Å². The van der Waals surface area contributed by atoms with Gasteiger partial charge in [0.1, 0.15) is 17.8 Å². The quantitative estimate of drug-likeness (QED) is 0.229. The Bertz CT molecular complexity index is 999. The SMILES string of the molecule is CC[C@H](C)[C@@H](C(N)=O)N(Cc1ccccc1)C(=O)[C@H](Cc1ccc(O)cc1)NC(=O)[C@@H](N)CCCCN. The van der Waals surface area contributed by atoms with E-state index >= 15 is 0 Å². The molecular formula is C28H41N5O4. The predicted molar refractivity (Wildman–Crippen MR) is 144 cm³/mol. The van der Waals surface area contributed by atoms with Gasteiger partial charge in [-0.05, 0) is 48.6 Å². The number of unbranched alkanes of at least 4 members (excludes halogenated alkanes) is 1. The number of carbonyl (C=O) groups is 3. The highest BCUT2D eigenvalue weighted by Crippen LogP contribution is 2.21. The molecule has 4 atom stereocenters. The first-order chi connectivity index (χ1) is 17.7. The van der Waals surface area contributed by atoms with Gasteiger partial charge in [0, 0.05) is 13.0 Å². The molecule has 0 aromatic heterocycles. The van der Waals surface area contributed by atoms with Crippen LogP contribution in [-0.4, -0.2) is 52.4 Å². The summed E-state index contributed by atoms with van der Waals surface area (Å²) in [7, 11) is 0. The molecule has 0 saturated carbocycles. The maximum atomic E-state index is 14.1. The normalized spacial score (nSPS) is 14.3. The summed E-state index contributed by atoms with van der Waals surface area (Å²) in [6, 6.07) is 13.1. The standard InChI is InChI=1S/C28H41N5O4/c1-3-19(2)25(26(31)35)33(18-21-9-5-4-6-10-21)28(37)24(17-20-12-14-22(34)15-13-20)32-27(36)23(30)11-7-8-16-29/h4-6,9-10,12-15,19,23-25,34H,3,7-8,11,16-18,29-30H2,1-2H3,(H2,31,35)(H,32,36)/t19-,23-,24-,25-/m0/s1. The van der Waals surface area contributed by atoms with Crippen LogP contribution >= 0.6 is 0 Å². The van der Waals surface area contributed by atoms with Gasteiger partial charge in [0.15, 0.2) is 0 Å². The van der Waals surface area contributed by atoms with Gasteiger partial charge in [0.2, 0.25) is 17.7 Å². The first kappa shape index (κ1) is 29.8. The summed E-state index contributed by atoms with van der Waals surface area (Å²) in [4.78, 5) is 41.2. The minimum Gasteiger partial charge on any atom is -0.508 e. The van der Waals surface area contributed by atoms with Crippen molar-refractivity contribution in [3.05, 3.63) is 65.7 Å². The number of phenols is 1. The van der Waals surface area contributed by atoms with Gasteiger partial charge in [0.05, 0.1) is 6.04 Å². The number of nitrogens with one attached hydrogen (secondary N) is 1. The van der Waals surface area contributed by atoms with Crippen molar-refractivity contribution in [3.63, 3.8) is 0 Å². The van der Waals surface area contributed by atoms with Gasteiger partial charge in [-0.2, -0.15) is 0 Å². The van der Waals surface area contributed by atoms with Gasteiger partial charge in [-0.3, -0.25) is 14.4 Å². The molecule has 2 aromatic carbocycles. The number of nitrogens with two attached hydrogens (primary N) is 3. The summed E-state index contributed by atoms with van der Waals surface area (Å²) in [6.45, 7) is 4.47. The molecule has 9 nitrogen and oxygen atoms in total. The van der Waals surface area contributed by atoms with Crippen molar-refractivity contribution < 1.29 is 19.5 Å². The van der Waals surface area contributed by atoms with E-state index < -0.39 is 35.8 Å². The third kappa shape index (κ3) is 9.18. The van der Waals surface area contributed by atoms with Crippen LogP contribution in [0.15, 0.2) is 54.6 Å². The molecule has 3 amide bonds. The van der Waals surface area contributed by atoms with Crippen molar-refractivity contribution in [1.29, 1.82) is 0 Å². The molecule has 9 heteroatoms. The summed E-state index contributed by atoms with van der Waals surface area (Å²) in [5.41, 5.74) is 19.0. The van der Waals surface area contributed by atoms with Crippen molar-refractivity contribution in [2.75, 3.05) is 6.54 Å². The molecule has 0 spiro atoms. The number of hydrogen-bond acceptors (Lipinski definition) is 6. The number of carbonyl (C=O) groups excluding carboxylic acids is 3. The van der Waals surface area contributed by atoms with Gasteiger partial charge in [-0.1, -0.05) is 69.2 Å². The first-order valence-corrected chi connectivity index (χ1v) is 12.9. The molecule has 0 unspecified atom stereocenters. The third-order valence-electron chi connectivity index (χ3n) is 6.59. The fraction of sp³-hybridized carbons (Fsp3) is 0.464. The fourth-order valence-electron chi connectivity index (χ4n) is 4.24. The molecule has 2 rings (SSSR count). The van der Waals surface area contributed by atoms with Crippen molar-refractivity contribution >= 4 is 17.7 Å². The van der Waals surface area contributed by atoms with Crippen LogP contribution in [0.4, 0.5) is 0 Å². The maximum Gasteiger partial charge on any atom is 0.246 e. The van der Waals surface area contributed by atoms with Crippen LogP contribution in [0, 0.1) is 5.92 Å². The fourth-order valence-corrected chi connectivity index (χ4v) is 4.24. The number of nitrogens with zero attached hydrogens (tertiary/aromatic N) is 1. The zero-order valence-electron chi connectivity index (χ0n) is 21.8. The first-order valence-electron chi connectivity index (χ1n) is 12.9. The van der Waals surface area contributed by atoms with Gasteiger partial charge in [-0.15, -0.1) is 0 Å². The molecule has 0 aliphatic carbocycles. The van der Waals surface area contributed by atoms with E-state index in [1.807, 2.05) is 44.2 Å². The van der Waals surface area contributed by atoms with Crippen LogP contribution in [0.1, 0.15) is 50.7 Å². The third-order valence-corrected chi connectivity index (χ3v) is 6.59. The lowest BCUT2D eigenvalue weighted by atomic mass is 9.94. The van der Waals surface area contributed by atoms with Crippen molar-refractivity contribution in [2.24, 2.45) is 23.1 Å². The Morgan fingerprint density at radius 2 is 1.65 bits per heavy atom. The number of aromatic hydroxyl groups is 1. The summed E-state index contributed by atoms with van der Waals surface area (Å²) in [6.07, 6.45) is 2.66. The smallest absolute Gasteiger partial charge is 0.246 e. The van der Waals surface area contributed by atoms with Crippen LogP contribution < -0.4 is 22.5 Å². The Morgan fingerprint density at radius 3 is 2.22 bits per heavy atom. The van der Waals surface area contributed by atoms with Crippen molar-refractivity contribution in [1.82, 2.24) is 10.2 Å². The van der Waals surface area contributed by atoms with E-state index in [9.17, 15) is 19.5 Å². The lowest BCUT2D eigenvalue weighted by molar-refractivity contribution is -0.145. The Morgan fingerprint density at radius 1 is 1.00 bits per heavy atom. The second-order valence-corrected chi connectivity index (χ2v) is 9.51. The van der Waals surface area contributed by atoms with Gasteiger partial charge in [-0.25, -0.2) is 0 Å². The Kier molecular flexibility index (Phi) is 12.1. The highest BCUT2D eigenvalue weighted by molar-refractivity contribution is 5.93. The molecule has 37 heavy (non-hydrogen) atoms. The molecule has 0 fully saturated rings. The molecule has 0 heterocycles. The molecule has 202 valence electrons. The molecular weight excluding hydrogens is 470 g/mol. The summed E-state index contributed by atoms with van der Waals surface area (Å²) in [5.74, 6) is -1.59. The molecule has 8 N–H and O–H groups in total. The molecule has 0 bridgehead atoms. The molecule has 0 aliphatic rings. The molecule has 0 aliphatic heterocycles. The van der Waals surface area contributed by atoms with Gasteiger partial charge < -0.3 is 32.5 Å². The van der Waals surface area contributed by atoms with Crippen molar-refractivity contribution in [3.8, 4) is 5.75 Å². The monoisotopic (exact) mass is 511 g/mol. The molecule has 0 radical (unpaired) electrons.